The SMILES string of the molecule is Cc1ccc(O)c(C(=O)NC2(C)CC2)c1. The average Bonchev–Trinajstić information content (AvgIpc) is 2.87. The van der Waals surface area contributed by atoms with Gasteiger partial charge < -0.3 is 10.4 Å². The largest absolute Gasteiger partial charge is 0.507 e. The summed E-state index contributed by atoms with van der Waals surface area (Å²) in [5.41, 5.74) is 1.29. The Hall–Kier alpha value is -1.51. The molecule has 15 heavy (non-hydrogen) atoms. The summed E-state index contributed by atoms with van der Waals surface area (Å²) in [6.07, 6.45) is 2.04. The lowest BCUT2D eigenvalue weighted by Gasteiger charge is -2.12. The van der Waals surface area contributed by atoms with E-state index in [1.54, 1.807) is 18.2 Å². The average molecular weight is 205 g/mol. The number of rotatable bonds is 2. The fourth-order valence-electron chi connectivity index (χ4n) is 1.49. The van der Waals surface area contributed by atoms with Crippen LogP contribution in [0.2, 0.25) is 0 Å². The minimum atomic E-state index is -0.184. The van der Waals surface area contributed by atoms with Gasteiger partial charge in [0, 0.05) is 5.54 Å². The van der Waals surface area contributed by atoms with Crippen molar-refractivity contribution in [1.82, 2.24) is 5.32 Å². The first-order chi connectivity index (χ1) is 7.00. The molecule has 3 heteroatoms. The second-order valence-corrected chi connectivity index (χ2v) is 4.54. The van der Waals surface area contributed by atoms with Crippen LogP contribution in [0.25, 0.3) is 0 Å². The first kappa shape index (κ1) is 10.0. The number of hydrogen-bond donors (Lipinski definition) is 2. The van der Waals surface area contributed by atoms with Crippen molar-refractivity contribution in [2.24, 2.45) is 0 Å². The Morgan fingerprint density at radius 1 is 1.47 bits per heavy atom. The van der Waals surface area contributed by atoms with Gasteiger partial charge in [-0.05, 0) is 38.8 Å². The Morgan fingerprint density at radius 3 is 2.73 bits per heavy atom. The van der Waals surface area contributed by atoms with Crippen molar-refractivity contribution in [3.63, 3.8) is 0 Å². The number of nitrogens with one attached hydrogen (secondary N) is 1. The zero-order valence-electron chi connectivity index (χ0n) is 9.00. The molecule has 0 aliphatic heterocycles. The molecule has 0 unspecified atom stereocenters. The van der Waals surface area contributed by atoms with E-state index < -0.39 is 0 Å². The molecule has 0 spiro atoms. The summed E-state index contributed by atoms with van der Waals surface area (Å²) < 4.78 is 0. The van der Waals surface area contributed by atoms with Crippen LogP contribution in [-0.2, 0) is 0 Å². The van der Waals surface area contributed by atoms with E-state index in [1.807, 2.05) is 13.8 Å². The zero-order valence-corrected chi connectivity index (χ0v) is 9.00. The lowest BCUT2D eigenvalue weighted by molar-refractivity contribution is 0.0932. The Bertz CT molecular complexity index is 408. The molecule has 0 radical (unpaired) electrons. The van der Waals surface area contributed by atoms with Gasteiger partial charge in [0.15, 0.2) is 0 Å². The van der Waals surface area contributed by atoms with Gasteiger partial charge in [-0.3, -0.25) is 4.79 Å². The number of hydrogen-bond acceptors (Lipinski definition) is 2. The van der Waals surface area contributed by atoms with E-state index in [0.29, 0.717) is 5.56 Å². The summed E-state index contributed by atoms with van der Waals surface area (Å²) in [6.45, 7) is 3.91. The van der Waals surface area contributed by atoms with Gasteiger partial charge >= 0.3 is 0 Å². The van der Waals surface area contributed by atoms with E-state index >= 15 is 0 Å². The Labute approximate surface area is 89.1 Å². The van der Waals surface area contributed by atoms with E-state index in [-0.39, 0.29) is 17.2 Å². The summed E-state index contributed by atoms with van der Waals surface area (Å²) in [7, 11) is 0. The molecular formula is C12H15NO2. The maximum Gasteiger partial charge on any atom is 0.255 e. The van der Waals surface area contributed by atoms with E-state index in [2.05, 4.69) is 5.32 Å². The van der Waals surface area contributed by atoms with E-state index in [9.17, 15) is 9.90 Å². The van der Waals surface area contributed by atoms with Crippen molar-refractivity contribution in [3.8, 4) is 5.75 Å². The molecule has 3 nitrogen and oxygen atoms in total. The monoisotopic (exact) mass is 205 g/mol. The lowest BCUT2D eigenvalue weighted by atomic mass is 10.1. The molecule has 2 rings (SSSR count). The van der Waals surface area contributed by atoms with Crippen LogP contribution in [0.1, 0.15) is 35.7 Å². The Balaban J connectivity index is 2.21. The second kappa shape index (κ2) is 3.26. The second-order valence-electron chi connectivity index (χ2n) is 4.54. The molecule has 0 saturated heterocycles. The molecule has 1 amide bonds. The van der Waals surface area contributed by atoms with Crippen molar-refractivity contribution in [2.75, 3.05) is 0 Å². The summed E-state index contributed by atoms with van der Waals surface area (Å²) in [6, 6.07) is 5.04. The van der Waals surface area contributed by atoms with Crippen LogP contribution in [0, 0.1) is 6.92 Å². The minimum absolute atomic E-state index is 0.0438. The van der Waals surface area contributed by atoms with Crippen molar-refractivity contribution >= 4 is 5.91 Å². The van der Waals surface area contributed by atoms with Crippen molar-refractivity contribution in [1.29, 1.82) is 0 Å². The lowest BCUT2D eigenvalue weighted by Crippen LogP contribution is -2.34. The predicted molar refractivity (Wildman–Crippen MR) is 57.9 cm³/mol. The highest BCUT2D eigenvalue weighted by molar-refractivity contribution is 5.97. The third-order valence-electron chi connectivity index (χ3n) is 2.81. The molecule has 0 aromatic heterocycles. The van der Waals surface area contributed by atoms with E-state index in [0.717, 1.165) is 18.4 Å². The molecule has 0 heterocycles. The zero-order chi connectivity index (χ0) is 11.1. The number of benzene rings is 1. The van der Waals surface area contributed by atoms with Crippen molar-refractivity contribution < 1.29 is 9.90 Å². The molecule has 1 saturated carbocycles. The maximum atomic E-state index is 11.8. The van der Waals surface area contributed by atoms with Crippen molar-refractivity contribution in [3.05, 3.63) is 29.3 Å². The fraction of sp³-hybridized carbons (Fsp3) is 0.417. The van der Waals surface area contributed by atoms with Gasteiger partial charge in [0.2, 0.25) is 0 Å². The molecule has 1 aromatic rings. The first-order valence-electron chi connectivity index (χ1n) is 5.12. The van der Waals surface area contributed by atoms with Crippen LogP contribution in [0.5, 0.6) is 5.75 Å². The molecule has 2 N–H and O–H groups in total. The van der Waals surface area contributed by atoms with Gasteiger partial charge in [0.1, 0.15) is 5.75 Å². The van der Waals surface area contributed by atoms with Crippen LogP contribution in [0.4, 0.5) is 0 Å². The van der Waals surface area contributed by atoms with Gasteiger partial charge in [-0.1, -0.05) is 11.6 Å². The minimum Gasteiger partial charge on any atom is -0.507 e. The van der Waals surface area contributed by atoms with Gasteiger partial charge in [0.25, 0.3) is 5.91 Å². The van der Waals surface area contributed by atoms with Gasteiger partial charge in [-0.15, -0.1) is 0 Å². The normalized spacial score (nSPS) is 17.2. The van der Waals surface area contributed by atoms with Crippen LogP contribution in [-0.4, -0.2) is 16.6 Å². The summed E-state index contributed by atoms with van der Waals surface area (Å²) in [4.78, 5) is 11.8. The fourth-order valence-corrected chi connectivity index (χ4v) is 1.49. The quantitative estimate of drug-likeness (QED) is 0.775. The molecule has 1 aromatic carbocycles. The Kier molecular flexibility index (Phi) is 2.18. The number of phenols is 1. The number of aryl methyl sites for hydroxylation is 1. The molecular weight excluding hydrogens is 190 g/mol. The summed E-state index contributed by atoms with van der Waals surface area (Å²) in [5.74, 6) is -0.140. The first-order valence-corrected chi connectivity index (χ1v) is 5.12. The highest BCUT2D eigenvalue weighted by Gasteiger charge is 2.39. The summed E-state index contributed by atoms with van der Waals surface area (Å²) >= 11 is 0. The molecule has 1 fully saturated rings. The molecule has 1 aliphatic carbocycles. The Morgan fingerprint density at radius 2 is 2.13 bits per heavy atom. The number of carbonyl (C=O) groups excluding carboxylic acids is 1. The third-order valence-corrected chi connectivity index (χ3v) is 2.81. The highest BCUT2D eigenvalue weighted by atomic mass is 16.3. The van der Waals surface area contributed by atoms with Crippen LogP contribution < -0.4 is 5.32 Å². The molecule has 1 aliphatic rings. The maximum absolute atomic E-state index is 11.8. The van der Waals surface area contributed by atoms with Crippen molar-refractivity contribution in [2.45, 2.75) is 32.2 Å². The van der Waals surface area contributed by atoms with Gasteiger partial charge in [-0.2, -0.15) is 0 Å². The standard InChI is InChI=1S/C12H15NO2/c1-8-3-4-10(14)9(7-8)11(15)13-12(2)5-6-12/h3-4,7,14H,5-6H2,1-2H3,(H,13,15). The number of amides is 1. The van der Waals surface area contributed by atoms with Gasteiger partial charge in [0.05, 0.1) is 5.56 Å². The van der Waals surface area contributed by atoms with Crippen LogP contribution >= 0.6 is 0 Å². The van der Waals surface area contributed by atoms with E-state index in [1.165, 1.54) is 0 Å². The smallest absolute Gasteiger partial charge is 0.255 e. The molecule has 0 bridgehead atoms. The predicted octanol–water partition coefficient (Wildman–Crippen LogP) is 1.98. The number of carbonyl (C=O) groups is 1. The van der Waals surface area contributed by atoms with E-state index in [4.69, 9.17) is 0 Å². The molecule has 0 atom stereocenters. The van der Waals surface area contributed by atoms with Gasteiger partial charge in [-0.25, -0.2) is 0 Å². The topological polar surface area (TPSA) is 49.3 Å². The third kappa shape index (κ3) is 2.12. The highest BCUT2D eigenvalue weighted by Crippen LogP contribution is 2.35. The molecule has 80 valence electrons. The van der Waals surface area contributed by atoms with Crippen LogP contribution in [0.3, 0.4) is 0 Å². The van der Waals surface area contributed by atoms with Crippen LogP contribution in [0.15, 0.2) is 18.2 Å². The summed E-state index contributed by atoms with van der Waals surface area (Å²) in [5, 5.41) is 12.5. The number of aromatic hydroxyl groups is 1. The number of phenolic OH excluding ortho intramolecular Hbond substituents is 1.